The first-order valence-electron chi connectivity index (χ1n) is 16.1. The summed E-state index contributed by atoms with van der Waals surface area (Å²) in [6.07, 6.45) is 6.41. The highest BCUT2D eigenvalue weighted by atomic mass is 16.2. The molecule has 0 spiro atoms. The smallest absolute Gasteiger partial charge is 0.241 e. The highest BCUT2D eigenvalue weighted by molar-refractivity contribution is 5.95. The van der Waals surface area contributed by atoms with E-state index >= 15 is 0 Å². The van der Waals surface area contributed by atoms with Crippen molar-refractivity contribution in [1.29, 1.82) is 0 Å². The van der Waals surface area contributed by atoms with Crippen molar-refractivity contribution in [3.8, 4) is 0 Å². The normalized spacial score (nSPS) is 24.2. The number of imidazole rings is 1. The van der Waals surface area contributed by atoms with Crippen molar-refractivity contribution in [2.45, 2.75) is 88.9 Å². The molecule has 4 aromatic rings. The van der Waals surface area contributed by atoms with E-state index < -0.39 is 0 Å². The molecule has 3 aliphatic rings. The van der Waals surface area contributed by atoms with Gasteiger partial charge in [-0.05, 0) is 110 Å². The average molecular weight is 577 g/mol. The Kier molecular flexibility index (Phi) is 7.48. The molecule has 0 radical (unpaired) electrons. The van der Waals surface area contributed by atoms with Gasteiger partial charge in [-0.2, -0.15) is 0 Å². The van der Waals surface area contributed by atoms with Crippen LogP contribution >= 0.6 is 0 Å². The second-order valence-electron chi connectivity index (χ2n) is 13.6. The third-order valence-electron chi connectivity index (χ3n) is 9.66. The first-order chi connectivity index (χ1) is 20.8. The number of carbonyl (C=O) groups is 1. The van der Waals surface area contributed by atoms with E-state index in [4.69, 9.17) is 4.98 Å². The lowest BCUT2D eigenvalue weighted by molar-refractivity contribution is -0.117. The van der Waals surface area contributed by atoms with E-state index in [1.807, 2.05) is 0 Å². The summed E-state index contributed by atoms with van der Waals surface area (Å²) in [5.41, 5.74) is 8.29. The fourth-order valence-corrected chi connectivity index (χ4v) is 7.22. The molecular formula is C36H44N6O. The van der Waals surface area contributed by atoms with Gasteiger partial charge < -0.3 is 25.8 Å². The van der Waals surface area contributed by atoms with Crippen molar-refractivity contribution < 1.29 is 4.79 Å². The zero-order chi connectivity index (χ0) is 29.6. The van der Waals surface area contributed by atoms with E-state index in [-0.39, 0.29) is 29.4 Å². The molecule has 3 saturated heterocycles. The predicted molar refractivity (Wildman–Crippen MR) is 175 cm³/mol. The van der Waals surface area contributed by atoms with E-state index in [1.54, 1.807) is 0 Å². The molecule has 1 amide bonds. The number of H-pyrrole nitrogens is 1. The van der Waals surface area contributed by atoms with Gasteiger partial charge in [0.25, 0.3) is 0 Å². The SMILES string of the molecule is CC(C)(C)c1ccc(N2[C@H](c3ccc(NC(=O)C4CCCN4)cc3)CC[C@H]2c2ccc3nc(C4CCCN4)[nH]c3c2)cc1. The fraction of sp³-hybridized carbons (Fsp3) is 0.444. The highest BCUT2D eigenvalue weighted by Crippen LogP contribution is 2.47. The number of carbonyl (C=O) groups excluding carboxylic acids is 1. The van der Waals surface area contributed by atoms with E-state index in [2.05, 4.69) is 113 Å². The second-order valence-corrected chi connectivity index (χ2v) is 13.6. The van der Waals surface area contributed by atoms with Crippen molar-refractivity contribution in [3.05, 3.63) is 89.2 Å². The molecule has 2 unspecified atom stereocenters. The Morgan fingerprint density at radius 1 is 0.837 bits per heavy atom. The number of fused-ring (bicyclic) bond motifs is 1. The van der Waals surface area contributed by atoms with Gasteiger partial charge in [-0.15, -0.1) is 0 Å². The first kappa shape index (κ1) is 28.1. The third-order valence-corrected chi connectivity index (χ3v) is 9.66. The maximum Gasteiger partial charge on any atom is 0.241 e. The molecule has 4 N–H and O–H groups in total. The summed E-state index contributed by atoms with van der Waals surface area (Å²) in [7, 11) is 0. The van der Waals surface area contributed by atoms with Gasteiger partial charge in [0, 0.05) is 11.4 Å². The Morgan fingerprint density at radius 3 is 2.21 bits per heavy atom. The van der Waals surface area contributed by atoms with Crippen LogP contribution < -0.4 is 20.9 Å². The zero-order valence-corrected chi connectivity index (χ0v) is 25.6. The highest BCUT2D eigenvalue weighted by Gasteiger charge is 2.36. The quantitative estimate of drug-likeness (QED) is 0.198. The number of hydrogen-bond donors (Lipinski definition) is 4. The molecule has 7 rings (SSSR count). The standard InChI is InChI=1S/C36H44N6O/c1-36(2,3)25-11-15-27(16-12-25)42-32(23-8-13-26(14-9-23)39-35(43)30-7-5-21-38-30)18-19-33(42)24-10-17-28-31(22-24)41-34(40-28)29-6-4-20-37-29/h8-17,22,29-30,32-33,37-38H,4-7,18-21H2,1-3H3,(H,39,43)(H,40,41)/t29?,30?,32-,33-/m0/s1. The van der Waals surface area contributed by atoms with Crippen molar-refractivity contribution >= 4 is 28.3 Å². The number of nitrogens with one attached hydrogen (secondary N) is 4. The summed E-state index contributed by atoms with van der Waals surface area (Å²) in [6, 6.07) is 25.2. The van der Waals surface area contributed by atoms with Gasteiger partial charge in [-0.3, -0.25) is 4.79 Å². The molecule has 7 nitrogen and oxygen atoms in total. The Bertz CT molecular complexity index is 1570. The van der Waals surface area contributed by atoms with Gasteiger partial charge in [0.15, 0.2) is 0 Å². The van der Waals surface area contributed by atoms with E-state index in [9.17, 15) is 4.79 Å². The van der Waals surface area contributed by atoms with Crippen LogP contribution in [0.2, 0.25) is 0 Å². The summed E-state index contributed by atoms with van der Waals surface area (Å²) >= 11 is 0. The van der Waals surface area contributed by atoms with Crippen LogP contribution in [0.4, 0.5) is 11.4 Å². The van der Waals surface area contributed by atoms with Crippen molar-refractivity contribution in [1.82, 2.24) is 20.6 Å². The van der Waals surface area contributed by atoms with Crippen LogP contribution in [0.3, 0.4) is 0 Å². The van der Waals surface area contributed by atoms with Gasteiger partial charge in [0.2, 0.25) is 5.91 Å². The van der Waals surface area contributed by atoms with Crippen LogP contribution in [0.15, 0.2) is 66.7 Å². The first-order valence-corrected chi connectivity index (χ1v) is 16.1. The number of amides is 1. The molecule has 0 aliphatic carbocycles. The maximum absolute atomic E-state index is 12.7. The van der Waals surface area contributed by atoms with Gasteiger partial charge in [0.05, 0.1) is 35.2 Å². The summed E-state index contributed by atoms with van der Waals surface area (Å²) in [4.78, 5) is 23.8. The molecule has 4 heterocycles. The van der Waals surface area contributed by atoms with Crippen LogP contribution in [0, 0.1) is 0 Å². The molecular weight excluding hydrogens is 532 g/mol. The van der Waals surface area contributed by atoms with Gasteiger partial charge >= 0.3 is 0 Å². The Balaban J connectivity index is 1.19. The zero-order valence-electron chi connectivity index (χ0n) is 25.6. The number of hydrogen-bond acceptors (Lipinski definition) is 5. The molecule has 224 valence electrons. The van der Waals surface area contributed by atoms with E-state index in [1.165, 1.54) is 28.8 Å². The Labute approximate surface area is 254 Å². The summed E-state index contributed by atoms with van der Waals surface area (Å²) in [6.45, 7) is 8.77. The maximum atomic E-state index is 12.7. The molecule has 3 aromatic carbocycles. The minimum Gasteiger partial charge on any atom is -0.357 e. The molecule has 1 aromatic heterocycles. The molecule has 7 heteroatoms. The monoisotopic (exact) mass is 576 g/mol. The van der Waals surface area contributed by atoms with Gasteiger partial charge in [-0.25, -0.2) is 4.98 Å². The molecule has 0 bridgehead atoms. The molecule has 3 aliphatic heterocycles. The Morgan fingerprint density at radius 2 is 1.53 bits per heavy atom. The van der Waals surface area contributed by atoms with Crippen molar-refractivity contribution in [2.24, 2.45) is 0 Å². The molecule has 4 atom stereocenters. The fourth-order valence-electron chi connectivity index (χ4n) is 7.22. The van der Waals surface area contributed by atoms with Crippen LogP contribution in [0.25, 0.3) is 11.0 Å². The lowest BCUT2D eigenvalue weighted by Crippen LogP contribution is -2.35. The molecule has 3 fully saturated rings. The minimum absolute atomic E-state index is 0.0628. The third kappa shape index (κ3) is 5.68. The number of rotatable bonds is 6. The van der Waals surface area contributed by atoms with Crippen molar-refractivity contribution in [2.75, 3.05) is 23.3 Å². The Hall–Kier alpha value is -3.68. The molecule has 43 heavy (non-hydrogen) atoms. The number of nitrogens with zero attached hydrogens (tertiary/aromatic N) is 2. The number of aromatic amines is 1. The summed E-state index contributed by atoms with van der Waals surface area (Å²) < 4.78 is 0. The lowest BCUT2D eigenvalue weighted by Gasteiger charge is -2.34. The average Bonchev–Trinajstić information content (AvgIpc) is 3.83. The number of aromatic nitrogens is 2. The van der Waals surface area contributed by atoms with Crippen molar-refractivity contribution in [3.63, 3.8) is 0 Å². The van der Waals surface area contributed by atoms with E-state index in [0.29, 0.717) is 6.04 Å². The van der Waals surface area contributed by atoms with Crippen LogP contribution in [-0.4, -0.2) is 35.0 Å². The summed E-state index contributed by atoms with van der Waals surface area (Å²) in [5.74, 6) is 1.12. The minimum atomic E-state index is -0.0838. The summed E-state index contributed by atoms with van der Waals surface area (Å²) in [5, 5.41) is 9.97. The topological polar surface area (TPSA) is 85.1 Å². The molecule has 0 saturated carbocycles. The lowest BCUT2D eigenvalue weighted by atomic mass is 9.87. The van der Waals surface area contributed by atoms with Gasteiger partial charge in [0.1, 0.15) is 5.82 Å². The predicted octanol–water partition coefficient (Wildman–Crippen LogP) is 7.06. The number of benzene rings is 3. The number of anilines is 2. The van der Waals surface area contributed by atoms with Crippen LogP contribution in [0.1, 0.15) is 99.9 Å². The second kappa shape index (κ2) is 11.4. The van der Waals surface area contributed by atoms with E-state index in [0.717, 1.165) is 67.7 Å². The van der Waals surface area contributed by atoms with Gasteiger partial charge in [-0.1, -0.05) is 51.1 Å². The largest absolute Gasteiger partial charge is 0.357 e. The van der Waals surface area contributed by atoms with Crippen LogP contribution in [-0.2, 0) is 10.2 Å². The van der Waals surface area contributed by atoms with Crippen LogP contribution in [0.5, 0.6) is 0 Å².